The second-order valence-corrected chi connectivity index (χ2v) is 6.25. The Bertz CT molecular complexity index is 508. The van der Waals surface area contributed by atoms with E-state index >= 15 is 0 Å². The van der Waals surface area contributed by atoms with Crippen LogP contribution in [-0.4, -0.2) is 26.8 Å². The third kappa shape index (κ3) is 1.55. The fourth-order valence-electron chi connectivity index (χ4n) is 2.11. The van der Waals surface area contributed by atoms with E-state index in [1.165, 1.54) is 0 Å². The first kappa shape index (κ1) is 9.96. The van der Waals surface area contributed by atoms with E-state index in [9.17, 15) is 8.42 Å². The number of nitrogens with one attached hydrogen (secondary N) is 1. The van der Waals surface area contributed by atoms with Gasteiger partial charge in [0, 0.05) is 12.6 Å². The number of fused-ring (bicyclic) bond motifs is 1. The summed E-state index contributed by atoms with van der Waals surface area (Å²) in [5, 5.41) is 3.17. The van der Waals surface area contributed by atoms with Crippen LogP contribution in [0.25, 0.3) is 0 Å². The summed E-state index contributed by atoms with van der Waals surface area (Å²) in [7, 11) is -3.14. The van der Waals surface area contributed by atoms with Crippen LogP contribution in [0.5, 0.6) is 0 Å². The second kappa shape index (κ2) is 3.38. The van der Waals surface area contributed by atoms with E-state index in [-0.39, 0.29) is 11.8 Å². The standard InChI is InChI=1S/C11H14N2O2S/c14-16(15)8-7-12-10-3-1-2-4-11(10)13(16)9-5-6-9/h1-4,9,12H,5-8H2. The summed E-state index contributed by atoms with van der Waals surface area (Å²) >= 11 is 0. The van der Waals surface area contributed by atoms with E-state index in [1.54, 1.807) is 4.31 Å². The van der Waals surface area contributed by atoms with Crippen LogP contribution in [0.1, 0.15) is 12.8 Å². The van der Waals surface area contributed by atoms with Crippen molar-refractivity contribution < 1.29 is 8.42 Å². The normalized spacial score (nSPS) is 23.1. The van der Waals surface area contributed by atoms with Gasteiger partial charge in [0.15, 0.2) is 0 Å². The Labute approximate surface area is 95.3 Å². The lowest BCUT2D eigenvalue weighted by Crippen LogP contribution is -2.34. The molecule has 1 fully saturated rings. The minimum absolute atomic E-state index is 0.179. The summed E-state index contributed by atoms with van der Waals surface area (Å²) in [6.07, 6.45) is 1.96. The summed E-state index contributed by atoms with van der Waals surface area (Å²) in [6.45, 7) is 0.489. The van der Waals surface area contributed by atoms with Gasteiger partial charge in [0.1, 0.15) is 0 Å². The lowest BCUT2D eigenvalue weighted by molar-refractivity contribution is 0.591. The van der Waals surface area contributed by atoms with Gasteiger partial charge in [-0.2, -0.15) is 0 Å². The Kier molecular flexibility index (Phi) is 2.10. The molecule has 0 unspecified atom stereocenters. The Balaban J connectivity index is 2.15. The molecule has 5 heteroatoms. The van der Waals surface area contributed by atoms with Crippen LogP contribution in [0.15, 0.2) is 24.3 Å². The molecule has 86 valence electrons. The molecule has 0 amide bonds. The van der Waals surface area contributed by atoms with E-state index in [2.05, 4.69) is 5.32 Å². The molecule has 1 heterocycles. The highest BCUT2D eigenvalue weighted by molar-refractivity contribution is 7.92. The van der Waals surface area contributed by atoms with Gasteiger partial charge in [-0.3, -0.25) is 4.31 Å². The third-order valence-electron chi connectivity index (χ3n) is 3.00. The van der Waals surface area contributed by atoms with E-state index in [0.717, 1.165) is 24.2 Å². The van der Waals surface area contributed by atoms with Gasteiger partial charge in [0.2, 0.25) is 10.0 Å². The topological polar surface area (TPSA) is 49.4 Å². The van der Waals surface area contributed by atoms with Crippen molar-refractivity contribution in [3.05, 3.63) is 24.3 Å². The molecule has 1 saturated carbocycles. The van der Waals surface area contributed by atoms with Crippen LogP contribution in [0.4, 0.5) is 11.4 Å². The molecule has 1 N–H and O–H groups in total. The maximum absolute atomic E-state index is 12.1. The smallest absolute Gasteiger partial charge is 0.237 e. The molecule has 4 nitrogen and oxygen atoms in total. The lowest BCUT2D eigenvalue weighted by Gasteiger charge is -2.23. The van der Waals surface area contributed by atoms with Gasteiger partial charge in [-0.1, -0.05) is 12.1 Å². The van der Waals surface area contributed by atoms with Gasteiger partial charge in [-0.15, -0.1) is 0 Å². The summed E-state index contributed by atoms with van der Waals surface area (Å²) in [5.41, 5.74) is 1.73. The first-order valence-corrected chi connectivity index (χ1v) is 7.14. The highest BCUT2D eigenvalue weighted by Gasteiger charge is 2.39. The van der Waals surface area contributed by atoms with Crippen LogP contribution in [0, 0.1) is 0 Å². The second-order valence-electron chi connectivity index (χ2n) is 4.29. The first-order valence-electron chi connectivity index (χ1n) is 5.53. The molecule has 1 aromatic carbocycles. The number of hydrogen-bond donors (Lipinski definition) is 1. The molecule has 2 aliphatic rings. The summed E-state index contributed by atoms with van der Waals surface area (Å²) in [4.78, 5) is 0. The van der Waals surface area contributed by atoms with Crippen LogP contribution < -0.4 is 9.62 Å². The van der Waals surface area contributed by atoms with Crippen LogP contribution >= 0.6 is 0 Å². The Morgan fingerprint density at radius 1 is 1.25 bits per heavy atom. The molecule has 16 heavy (non-hydrogen) atoms. The molecule has 1 aliphatic carbocycles. The van der Waals surface area contributed by atoms with E-state index in [0.29, 0.717) is 6.54 Å². The van der Waals surface area contributed by atoms with Gasteiger partial charge in [0.25, 0.3) is 0 Å². The number of nitrogens with zero attached hydrogens (tertiary/aromatic N) is 1. The van der Waals surface area contributed by atoms with Crippen molar-refractivity contribution in [2.45, 2.75) is 18.9 Å². The monoisotopic (exact) mass is 238 g/mol. The number of benzene rings is 1. The van der Waals surface area contributed by atoms with Crippen LogP contribution in [0.3, 0.4) is 0 Å². The number of hydrogen-bond acceptors (Lipinski definition) is 3. The van der Waals surface area contributed by atoms with Gasteiger partial charge < -0.3 is 5.32 Å². The van der Waals surface area contributed by atoms with E-state index < -0.39 is 10.0 Å². The van der Waals surface area contributed by atoms with Crippen molar-refractivity contribution in [1.82, 2.24) is 0 Å². The average Bonchev–Trinajstić information content (AvgIpc) is 3.03. The van der Waals surface area contributed by atoms with Crippen molar-refractivity contribution in [2.75, 3.05) is 21.9 Å². The molecule has 1 aliphatic heterocycles. The van der Waals surface area contributed by atoms with Gasteiger partial charge in [0.05, 0.1) is 17.1 Å². The van der Waals surface area contributed by atoms with Crippen LogP contribution in [-0.2, 0) is 10.0 Å². The number of anilines is 2. The van der Waals surface area contributed by atoms with Gasteiger partial charge >= 0.3 is 0 Å². The molecule has 0 aromatic heterocycles. The summed E-state index contributed by atoms with van der Waals surface area (Å²) in [5.74, 6) is 0.179. The van der Waals surface area contributed by atoms with Crippen molar-refractivity contribution >= 4 is 21.4 Å². The average molecular weight is 238 g/mol. The SMILES string of the molecule is O=S1(=O)CCNc2ccccc2N1C1CC1. The molecule has 0 bridgehead atoms. The van der Waals surface area contributed by atoms with Gasteiger partial charge in [-0.05, 0) is 25.0 Å². The van der Waals surface area contributed by atoms with Crippen LogP contribution in [0.2, 0.25) is 0 Å². The predicted molar refractivity (Wildman–Crippen MR) is 64.2 cm³/mol. The minimum Gasteiger partial charge on any atom is -0.382 e. The van der Waals surface area contributed by atoms with Crippen molar-refractivity contribution in [3.8, 4) is 0 Å². The summed E-state index contributed by atoms with van der Waals surface area (Å²) < 4.78 is 25.9. The zero-order valence-corrected chi connectivity index (χ0v) is 9.70. The molecule has 0 spiro atoms. The molecule has 0 saturated heterocycles. The molecular formula is C11H14N2O2S. The fourth-order valence-corrected chi connectivity index (χ4v) is 3.79. The zero-order valence-electron chi connectivity index (χ0n) is 8.89. The van der Waals surface area contributed by atoms with E-state index in [1.807, 2.05) is 24.3 Å². The molecular weight excluding hydrogens is 224 g/mol. The van der Waals surface area contributed by atoms with Crippen molar-refractivity contribution in [2.24, 2.45) is 0 Å². The highest BCUT2D eigenvalue weighted by Crippen LogP contribution is 2.39. The zero-order chi connectivity index (χ0) is 11.2. The quantitative estimate of drug-likeness (QED) is 0.804. The van der Waals surface area contributed by atoms with Gasteiger partial charge in [-0.25, -0.2) is 8.42 Å². The number of rotatable bonds is 1. The molecule has 3 rings (SSSR count). The molecule has 1 aromatic rings. The highest BCUT2D eigenvalue weighted by atomic mass is 32.2. The van der Waals surface area contributed by atoms with E-state index in [4.69, 9.17) is 0 Å². The Morgan fingerprint density at radius 3 is 2.75 bits per heavy atom. The largest absolute Gasteiger partial charge is 0.382 e. The lowest BCUT2D eigenvalue weighted by atomic mass is 10.2. The summed E-state index contributed by atoms with van der Waals surface area (Å²) in [6, 6.07) is 7.81. The Morgan fingerprint density at radius 2 is 2.00 bits per heavy atom. The predicted octanol–water partition coefficient (Wildman–Crippen LogP) is 1.41. The Hall–Kier alpha value is -1.23. The van der Waals surface area contributed by atoms with Crippen molar-refractivity contribution in [3.63, 3.8) is 0 Å². The molecule has 0 atom stereocenters. The number of para-hydroxylation sites is 2. The van der Waals surface area contributed by atoms with Crippen molar-refractivity contribution in [1.29, 1.82) is 0 Å². The fraction of sp³-hybridized carbons (Fsp3) is 0.455. The maximum Gasteiger partial charge on any atom is 0.237 e. The maximum atomic E-state index is 12.1. The first-order chi connectivity index (χ1) is 7.68. The minimum atomic E-state index is -3.14. The molecule has 0 radical (unpaired) electrons. The third-order valence-corrected chi connectivity index (χ3v) is 4.81. The number of sulfonamides is 1.